The predicted molar refractivity (Wildman–Crippen MR) is 75.4 cm³/mol. The number of hydrogen-bond donors (Lipinski definition) is 3. The molecule has 7 heteroatoms. The minimum absolute atomic E-state index is 0.226. The number of nitrogens with one attached hydrogen (secondary N) is 2. The van der Waals surface area contributed by atoms with E-state index in [1.807, 2.05) is 21.7 Å². The summed E-state index contributed by atoms with van der Waals surface area (Å²) in [7, 11) is 1.55. The number of carbonyl (C=O) groups excluding carboxylic acids is 1. The Kier molecular flexibility index (Phi) is 2.94. The first kappa shape index (κ1) is 12.3. The van der Waals surface area contributed by atoms with Gasteiger partial charge < -0.3 is 15.3 Å². The van der Waals surface area contributed by atoms with Crippen LogP contribution in [0.2, 0.25) is 0 Å². The van der Waals surface area contributed by atoms with Gasteiger partial charge in [0, 0.05) is 31.4 Å². The highest BCUT2D eigenvalue weighted by Crippen LogP contribution is 2.33. The monoisotopic (exact) mass is 273 g/mol. The van der Waals surface area contributed by atoms with Gasteiger partial charge in [-0.1, -0.05) is 6.07 Å². The second kappa shape index (κ2) is 4.76. The van der Waals surface area contributed by atoms with Gasteiger partial charge in [0.2, 0.25) is 0 Å². The molecule has 0 aliphatic carbocycles. The number of anilines is 3. The summed E-state index contributed by atoms with van der Waals surface area (Å²) in [5, 5.41) is 19.0. The molecule has 3 rings (SSSR count). The quantitative estimate of drug-likeness (QED) is 0.774. The van der Waals surface area contributed by atoms with E-state index in [1.54, 1.807) is 25.2 Å². The normalized spacial score (nSPS) is 13.2. The molecule has 2 aromatic rings. The average molecular weight is 273 g/mol. The summed E-state index contributed by atoms with van der Waals surface area (Å²) in [6.07, 6.45) is 0. The Morgan fingerprint density at radius 3 is 2.95 bits per heavy atom. The average Bonchev–Trinajstić information content (AvgIpc) is 2.98. The molecular formula is C13H15N5O2. The molecule has 0 saturated heterocycles. The van der Waals surface area contributed by atoms with Gasteiger partial charge in [0.1, 0.15) is 11.6 Å². The number of urea groups is 1. The number of hydrogen-bond acceptors (Lipinski definition) is 4. The molecule has 7 nitrogen and oxygen atoms in total. The van der Waals surface area contributed by atoms with Gasteiger partial charge in [-0.25, -0.2) is 9.48 Å². The molecule has 1 aromatic heterocycles. The van der Waals surface area contributed by atoms with Gasteiger partial charge in [-0.3, -0.25) is 5.32 Å². The molecule has 0 saturated carbocycles. The van der Waals surface area contributed by atoms with E-state index >= 15 is 0 Å². The molecule has 0 spiro atoms. The van der Waals surface area contributed by atoms with Crippen LogP contribution in [0.5, 0.6) is 5.75 Å². The Labute approximate surface area is 115 Å². The molecule has 0 radical (unpaired) electrons. The Balaban J connectivity index is 1.88. The van der Waals surface area contributed by atoms with Crippen LogP contribution >= 0.6 is 0 Å². The lowest BCUT2D eigenvalue weighted by atomic mass is 10.2. The number of nitrogens with zero attached hydrogens (tertiary/aromatic N) is 3. The number of aromatic hydroxyl groups is 1. The van der Waals surface area contributed by atoms with Crippen molar-refractivity contribution in [3.05, 3.63) is 30.3 Å². The Morgan fingerprint density at radius 1 is 1.35 bits per heavy atom. The number of amides is 2. The molecule has 20 heavy (non-hydrogen) atoms. The number of aromatic nitrogens is 2. The summed E-state index contributed by atoms with van der Waals surface area (Å²) in [4.78, 5) is 13.3. The highest BCUT2D eigenvalue weighted by atomic mass is 16.3. The number of benzene rings is 1. The van der Waals surface area contributed by atoms with Crippen LogP contribution in [0, 0.1) is 0 Å². The third kappa shape index (κ3) is 2.13. The maximum absolute atomic E-state index is 11.3. The highest BCUT2D eigenvalue weighted by molar-refractivity contribution is 5.88. The van der Waals surface area contributed by atoms with E-state index in [0.29, 0.717) is 5.82 Å². The standard InChI is InChI=1S/C13H15N5O2/c1-14-13(20)15-11-8-12-17(5-6-18(12)16-11)9-3-2-4-10(19)7-9/h2-4,7-8,19H,5-6H2,1H3,(H2,14,15,16,20). The zero-order valence-corrected chi connectivity index (χ0v) is 11.0. The molecular weight excluding hydrogens is 258 g/mol. The minimum Gasteiger partial charge on any atom is -0.508 e. The van der Waals surface area contributed by atoms with Gasteiger partial charge >= 0.3 is 6.03 Å². The Hall–Kier alpha value is -2.70. The van der Waals surface area contributed by atoms with Crippen molar-refractivity contribution in [1.82, 2.24) is 15.1 Å². The number of carbonyl (C=O) groups is 1. The van der Waals surface area contributed by atoms with Crippen LogP contribution in [0.15, 0.2) is 30.3 Å². The van der Waals surface area contributed by atoms with Crippen molar-refractivity contribution in [3.63, 3.8) is 0 Å². The lowest BCUT2D eigenvalue weighted by Gasteiger charge is -2.16. The first-order chi connectivity index (χ1) is 9.67. The van der Waals surface area contributed by atoms with Gasteiger partial charge in [0.05, 0.1) is 6.54 Å². The molecule has 0 unspecified atom stereocenters. The fourth-order valence-corrected chi connectivity index (χ4v) is 2.26. The van der Waals surface area contributed by atoms with Crippen molar-refractivity contribution < 1.29 is 9.90 Å². The van der Waals surface area contributed by atoms with E-state index < -0.39 is 0 Å². The zero-order valence-electron chi connectivity index (χ0n) is 11.0. The summed E-state index contributed by atoms with van der Waals surface area (Å²) < 4.78 is 1.83. The molecule has 0 atom stereocenters. The second-order valence-electron chi connectivity index (χ2n) is 4.49. The molecule has 1 aliphatic rings. The van der Waals surface area contributed by atoms with E-state index in [1.165, 1.54) is 0 Å². The van der Waals surface area contributed by atoms with Gasteiger partial charge in [-0.05, 0) is 12.1 Å². The summed E-state index contributed by atoms with van der Waals surface area (Å²) >= 11 is 0. The van der Waals surface area contributed by atoms with Crippen molar-refractivity contribution in [3.8, 4) is 5.75 Å². The zero-order chi connectivity index (χ0) is 14.1. The van der Waals surface area contributed by atoms with E-state index in [9.17, 15) is 9.90 Å². The van der Waals surface area contributed by atoms with Crippen LogP contribution in [-0.2, 0) is 6.54 Å². The highest BCUT2D eigenvalue weighted by Gasteiger charge is 2.23. The topological polar surface area (TPSA) is 82.4 Å². The summed E-state index contributed by atoms with van der Waals surface area (Å²) in [6, 6.07) is 8.57. The van der Waals surface area contributed by atoms with Crippen LogP contribution in [0.25, 0.3) is 0 Å². The number of rotatable bonds is 2. The van der Waals surface area contributed by atoms with Gasteiger partial charge in [-0.2, -0.15) is 5.10 Å². The largest absolute Gasteiger partial charge is 0.508 e. The summed E-state index contributed by atoms with van der Waals surface area (Å²) in [5.41, 5.74) is 0.898. The van der Waals surface area contributed by atoms with Crippen LogP contribution < -0.4 is 15.5 Å². The predicted octanol–water partition coefficient (Wildman–Crippen LogP) is 1.49. The molecule has 1 aromatic carbocycles. The molecule has 0 fully saturated rings. The first-order valence-corrected chi connectivity index (χ1v) is 6.30. The number of phenolic OH excluding ortho intramolecular Hbond substituents is 1. The van der Waals surface area contributed by atoms with E-state index in [2.05, 4.69) is 15.7 Å². The lowest BCUT2D eigenvalue weighted by Crippen LogP contribution is -2.24. The molecule has 3 N–H and O–H groups in total. The molecule has 0 bridgehead atoms. The van der Waals surface area contributed by atoms with Crippen LogP contribution in [0.1, 0.15) is 0 Å². The van der Waals surface area contributed by atoms with Crippen LogP contribution in [-0.4, -0.2) is 34.5 Å². The van der Waals surface area contributed by atoms with Crippen molar-refractivity contribution in [2.75, 3.05) is 23.8 Å². The van der Waals surface area contributed by atoms with Gasteiger partial charge in [0.15, 0.2) is 5.82 Å². The maximum atomic E-state index is 11.3. The van der Waals surface area contributed by atoms with E-state index in [-0.39, 0.29) is 11.8 Å². The lowest BCUT2D eigenvalue weighted by molar-refractivity contribution is 0.254. The van der Waals surface area contributed by atoms with Crippen molar-refractivity contribution in [2.24, 2.45) is 0 Å². The fraction of sp³-hybridized carbons (Fsp3) is 0.231. The Morgan fingerprint density at radius 2 is 2.20 bits per heavy atom. The molecule has 1 aliphatic heterocycles. The third-order valence-electron chi connectivity index (χ3n) is 3.18. The minimum atomic E-state index is -0.300. The maximum Gasteiger partial charge on any atom is 0.320 e. The molecule has 2 amide bonds. The van der Waals surface area contributed by atoms with Crippen LogP contribution in [0.4, 0.5) is 22.1 Å². The van der Waals surface area contributed by atoms with Crippen molar-refractivity contribution in [2.45, 2.75) is 6.54 Å². The summed E-state index contributed by atoms with van der Waals surface area (Å²) in [5.74, 6) is 1.62. The fourth-order valence-electron chi connectivity index (χ4n) is 2.26. The van der Waals surface area contributed by atoms with Gasteiger partial charge in [0.25, 0.3) is 0 Å². The summed E-state index contributed by atoms with van der Waals surface area (Å²) in [6.45, 7) is 1.52. The third-order valence-corrected chi connectivity index (χ3v) is 3.18. The molecule has 104 valence electrons. The second-order valence-corrected chi connectivity index (χ2v) is 4.49. The van der Waals surface area contributed by atoms with Crippen molar-refractivity contribution >= 4 is 23.4 Å². The van der Waals surface area contributed by atoms with E-state index in [4.69, 9.17) is 0 Å². The van der Waals surface area contributed by atoms with Crippen molar-refractivity contribution in [1.29, 1.82) is 0 Å². The smallest absolute Gasteiger partial charge is 0.320 e. The Bertz CT molecular complexity index is 652. The SMILES string of the molecule is CNC(=O)Nc1cc2n(n1)CCN2c1cccc(O)c1. The van der Waals surface area contributed by atoms with Crippen LogP contribution in [0.3, 0.4) is 0 Å². The van der Waals surface area contributed by atoms with E-state index in [0.717, 1.165) is 24.6 Å². The number of phenols is 1. The number of fused-ring (bicyclic) bond motifs is 1. The van der Waals surface area contributed by atoms with Gasteiger partial charge in [-0.15, -0.1) is 0 Å². The molecule has 2 heterocycles. The first-order valence-electron chi connectivity index (χ1n) is 6.30.